The van der Waals surface area contributed by atoms with Gasteiger partial charge in [-0.3, -0.25) is 0 Å². The lowest BCUT2D eigenvalue weighted by atomic mass is 10.0. The third kappa shape index (κ3) is 3.98. The van der Waals surface area contributed by atoms with Crippen LogP contribution in [-0.2, 0) is 0 Å². The Kier molecular flexibility index (Phi) is 5.49. The zero-order chi connectivity index (χ0) is 14.7. The van der Waals surface area contributed by atoms with Gasteiger partial charge in [0.05, 0.1) is 4.47 Å². The second-order valence-corrected chi connectivity index (χ2v) is 6.73. The molecule has 0 radical (unpaired) electrons. The molecule has 0 spiro atoms. The molecule has 0 saturated carbocycles. The maximum absolute atomic E-state index is 6.05. The van der Waals surface area contributed by atoms with Crippen molar-refractivity contribution in [1.29, 1.82) is 0 Å². The Bertz CT molecular complexity index is 587. The van der Waals surface area contributed by atoms with E-state index < -0.39 is 0 Å². The Hall–Kier alpha value is -0.550. The molecule has 0 aromatic heterocycles. The van der Waals surface area contributed by atoms with Gasteiger partial charge in [-0.05, 0) is 58.7 Å². The molecule has 0 bridgehead atoms. The summed E-state index contributed by atoms with van der Waals surface area (Å²) in [5.41, 5.74) is 7.05. The molecule has 2 N–H and O–H groups in total. The Morgan fingerprint density at radius 3 is 2.30 bits per heavy atom. The number of ether oxygens (including phenoxy) is 1. The van der Waals surface area contributed by atoms with E-state index in [4.69, 9.17) is 22.1 Å². The normalized spacial score (nSPS) is 13.8. The molecule has 0 aliphatic heterocycles. The molecule has 2 nitrogen and oxygen atoms in total. The van der Waals surface area contributed by atoms with E-state index in [0.717, 1.165) is 20.3 Å². The molecule has 106 valence electrons. The summed E-state index contributed by atoms with van der Waals surface area (Å²) in [5, 5.41) is 0.696. The number of rotatable bonds is 4. The first-order valence-corrected chi connectivity index (χ1v) is 8.06. The van der Waals surface area contributed by atoms with Gasteiger partial charge in [0.25, 0.3) is 0 Å². The summed E-state index contributed by atoms with van der Waals surface area (Å²) >= 11 is 12.8. The topological polar surface area (TPSA) is 35.2 Å². The van der Waals surface area contributed by atoms with Crippen molar-refractivity contribution in [3.8, 4) is 5.75 Å². The highest BCUT2D eigenvalue weighted by molar-refractivity contribution is 9.11. The van der Waals surface area contributed by atoms with Gasteiger partial charge >= 0.3 is 0 Å². The summed E-state index contributed by atoms with van der Waals surface area (Å²) < 4.78 is 7.92. The molecule has 20 heavy (non-hydrogen) atoms. The van der Waals surface area contributed by atoms with Crippen LogP contribution in [0, 0.1) is 0 Å². The summed E-state index contributed by atoms with van der Waals surface area (Å²) in [4.78, 5) is 0. The first-order valence-electron chi connectivity index (χ1n) is 6.10. The zero-order valence-electron chi connectivity index (χ0n) is 10.8. The molecule has 5 heteroatoms. The van der Waals surface area contributed by atoms with E-state index in [1.54, 1.807) is 0 Å². The molecule has 0 aliphatic carbocycles. The minimum absolute atomic E-state index is 0.147. The van der Waals surface area contributed by atoms with Crippen LogP contribution in [0.5, 0.6) is 5.75 Å². The van der Waals surface area contributed by atoms with E-state index in [2.05, 4.69) is 31.9 Å². The maximum Gasteiger partial charge on any atom is 0.139 e. The number of hydrogen-bond donors (Lipinski definition) is 1. The summed E-state index contributed by atoms with van der Waals surface area (Å²) in [6.07, 6.45) is -0.232. The third-order valence-electron chi connectivity index (χ3n) is 2.82. The monoisotopic (exact) mass is 417 g/mol. The van der Waals surface area contributed by atoms with Gasteiger partial charge < -0.3 is 10.5 Å². The second kappa shape index (κ2) is 6.94. The van der Waals surface area contributed by atoms with Crippen molar-refractivity contribution < 1.29 is 4.74 Å². The largest absolute Gasteiger partial charge is 0.483 e. The summed E-state index contributed by atoms with van der Waals surface area (Å²) in [6, 6.07) is 13.2. The predicted octanol–water partition coefficient (Wildman–Crippen LogP) is 5.33. The standard InChI is InChI=1S/C15H14Br2ClNO/c1-9(19)15(10-2-5-12(18)6-3-10)20-14-7-4-11(16)8-13(14)17/h2-9,15H,19H2,1H3. The van der Waals surface area contributed by atoms with E-state index in [1.807, 2.05) is 49.4 Å². The lowest BCUT2D eigenvalue weighted by Gasteiger charge is -2.23. The molecule has 2 aromatic rings. The van der Waals surface area contributed by atoms with Gasteiger partial charge in [-0.15, -0.1) is 0 Å². The van der Waals surface area contributed by atoms with Crippen LogP contribution in [-0.4, -0.2) is 6.04 Å². The average Bonchev–Trinajstić information content (AvgIpc) is 2.39. The third-order valence-corrected chi connectivity index (χ3v) is 4.19. The van der Waals surface area contributed by atoms with Crippen molar-refractivity contribution in [3.05, 3.63) is 62.0 Å². The first kappa shape index (κ1) is 15.8. The Morgan fingerprint density at radius 2 is 1.75 bits per heavy atom. The van der Waals surface area contributed by atoms with Gasteiger partial charge in [-0.1, -0.05) is 39.7 Å². The van der Waals surface area contributed by atoms with Crippen molar-refractivity contribution in [2.24, 2.45) is 5.73 Å². The van der Waals surface area contributed by atoms with Gasteiger partial charge in [-0.2, -0.15) is 0 Å². The fraction of sp³-hybridized carbons (Fsp3) is 0.200. The molecule has 2 atom stereocenters. The number of benzene rings is 2. The lowest BCUT2D eigenvalue weighted by molar-refractivity contribution is 0.179. The molecule has 2 unspecified atom stereocenters. The first-order chi connectivity index (χ1) is 9.47. The van der Waals surface area contributed by atoms with Gasteiger partial charge in [0.1, 0.15) is 11.9 Å². The molecule has 0 fully saturated rings. The van der Waals surface area contributed by atoms with Gasteiger partial charge in [-0.25, -0.2) is 0 Å². The molecule has 0 amide bonds. The fourth-order valence-electron chi connectivity index (χ4n) is 1.84. The van der Waals surface area contributed by atoms with Crippen LogP contribution in [0.3, 0.4) is 0 Å². The Morgan fingerprint density at radius 1 is 1.10 bits per heavy atom. The molecule has 0 heterocycles. The minimum Gasteiger partial charge on any atom is -0.483 e. The predicted molar refractivity (Wildman–Crippen MR) is 90.3 cm³/mol. The van der Waals surface area contributed by atoms with Gasteiger partial charge in [0, 0.05) is 15.5 Å². The van der Waals surface area contributed by atoms with Crippen LogP contribution in [0.2, 0.25) is 5.02 Å². The van der Waals surface area contributed by atoms with Crippen molar-refractivity contribution >= 4 is 43.5 Å². The van der Waals surface area contributed by atoms with Crippen molar-refractivity contribution in [2.75, 3.05) is 0 Å². The second-order valence-electron chi connectivity index (χ2n) is 4.52. The summed E-state index contributed by atoms with van der Waals surface area (Å²) in [5.74, 6) is 0.755. The molecule has 0 aliphatic rings. The van der Waals surface area contributed by atoms with E-state index in [0.29, 0.717) is 5.02 Å². The van der Waals surface area contributed by atoms with E-state index in [-0.39, 0.29) is 12.1 Å². The van der Waals surface area contributed by atoms with Gasteiger partial charge in [0.2, 0.25) is 0 Å². The van der Waals surface area contributed by atoms with Crippen LogP contribution in [0.1, 0.15) is 18.6 Å². The Balaban J connectivity index is 2.28. The van der Waals surface area contributed by atoms with E-state index in [1.165, 1.54) is 0 Å². The lowest BCUT2D eigenvalue weighted by Crippen LogP contribution is -2.29. The van der Waals surface area contributed by atoms with Crippen LogP contribution in [0.25, 0.3) is 0 Å². The maximum atomic E-state index is 6.05. The molecule has 2 aromatic carbocycles. The van der Waals surface area contributed by atoms with E-state index in [9.17, 15) is 0 Å². The number of nitrogens with two attached hydrogens (primary N) is 1. The number of hydrogen-bond acceptors (Lipinski definition) is 2. The highest BCUT2D eigenvalue weighted by Crippen LogP contribution is 2.33. The molecular formula is C15H14Br2ClNO. The zero-order valence-corrected chi connectivity index (χ0v) is 14.7. The van der Waals surface area contributed by atoms with E-state index >= 15 is 0 Å². The smallest absolute Gasteiger partial charge is 0.139 e. The summed E-state index contributed by atoms with van der Waals surface area (Å²) in [7, 11) is 0. The van der Waals surface area contributed by atoms with Crippen LogP contribution < -0.4 is 10.5 Å². The highest BCUT2D eigenvalue weighted by atomic mass is 79.9. The number of halogens is 3. The summed E-state index contributed by atoms with van der Waals surface area (Å²) in [6.45, 7) is 1.92. The Labute approximate surface area is 140 Å². The fourth-order valence-corrected chi connectivity index (χ4v) is 3.11. The van der Waals surface area contributed by atoms with Crippen LogP contribution in [0.15, 0.2) is 51.4 Å². The van der Waals surface area contributed by atoms with Crippen molar-refractivity contribution in [3.63, 3.8) is 0 Å². The van der Waals surface area contributed by atoms with Crippen LogP contribution in [0.4, 0.5) is 0 Å². The van der Waals surface area contributed by atoms with Gasteiger partial charge in [0.15, 0.2) is 0 Å². The highest BCUT2D eigenvalue weighted by Gasteiger charge is 2.19. The van der Waals surface area contributed by atoms with Crippen molar-refractivity contribution in [2.45, 2.75) is 19.1 Å². The molecule has 2 rings (SSSR count). The average molecular weight is 420 g/mol. The molecule has 0 saturated heterocycles. The van der Waals surface area contributed by atoms with Crippen molar-refractivity contribution in [1.82, 2.24) is 0 Å². The quantitative estimate of drug-likeness (QED) is 0.727. The SMILES string of the molecule is CC(N)C(Oc1ccc(Br)cc1Br)c1ccc(Cl)cc1. The van der Waals surface area contributed by atoms with Crippen LogP contribution >= 0.6 is 43.5 Å². The minimum atomic E-state index is -0.232. The molecular weight excluding hydrogens is 405 g/mol.